The molecule has 46 heavy (non-hydrogen) atoms. The largest absolute Gasteiger partial charge is 0.748 e. The number of thioether (sulfide) groups is 1. The van der Waals surface area contributed by atoms with Crippen LogP contribution in [0.3, 0.4) is 0 Å². The van der Waals surface area contributed by atoms with E-state index in [1.165, 1.54) is 36.2 Å². The van der Waals surface area contributed by atoms with Gasteiger partial charge in [-0.3, -0.25) is 0 Å². The number of rotatable bonds is 14. The Bertz CT molecular complexity index is 1770. The summed E-state index contributed by atoms with van der Waals surface area (Å²) in [5, 5.41) is 1.74. The number of ether oxygens (including phenoxy) is 2. The van der Waals surface area contributed by atoms with Gasteiger partial charge in [0.1, 0.15) is 16.2 Å². The first-order chi connectivity index (χ1) is 21.7. The van der Waals surface area contributed by atoms with E-state index < -0.39 is 31.7 Å². The SMILES string of the molecule is CC[NH+](C)CC.COc1ccc2c(c1)N(CCCS(=O)(=O)[O-])/C(=C/C(C)=C\c1sc3ccc(OC)cc3[n+]1CCCS(=O)(=O)[O-])S2. The normalized spacial score (nSPS) is 14.5. The summed E-state index contributed by atoms with van der Waals surface area (Å²) in [6, 6.07) is 11.3. The van der Waals surface area contributed by atoms with Gasteiger partial charge < -0.3 is 28.4 Å². The zero-order valence-corrected chi connectivity index (χ0v) is 30.3. The number of nitrogens with one attached hydrogen (secondary N) is 1. The van der Waals surface area contributed by atoms with Gasteiger partial charge in [-0.2, -0.15) is 4.57 Å². The van der Waals surface area contributed by atoms with E-state index in [1.54, 1.807) is 19.1 Å². The van der Waals surface area contributed by atoms with Crippen LogP contribution < -0.4 is 23.8 Å². The molecular formula is C31H43N3O8S4. The molecule has 2 aromatic carbocycles. The van der Waals surface area contributed by atoms with Crippen LogP contribution in [0.5, 0.6) is 11.5 Å². The summed E-state index contributed by atoms with van der Waals surface area (Å²) in [5.74, 6) is 0.409. The van der Waals surface area contributed by atoms with Crippen molar-refractivity contribution in [3.63, 3.8) is 0 Å². The Kier molecular flexibility index (Phi) is 13.9. The molecule has 4 rings (SSSR count). The van der Waals surface area contributed by atoms with E-state index in [0.29, 0.717) is 24.6 Å². The van der Waals surface area contributed by atoms with Gasteiger partial charge in [0.15, 0.2) is 6.54 Å². The molecule has 15 heteroatoms. The number of benzene rings is 2. The van der Waals surface area contributed by atoms with E-state index in [9.17, 15) is 25.9 Å². The first-order valence-corrected chi connectivity index (χ1v) is 19.7. The molecule has 1 aliphatic heterocycles. The fourth-order valence-electron chi connectivity index (χ4n) is 4.57. The van der Waals surface area contributed by atoms with Crippen molar-refractivity contribution in [1.29, 1.82) is 0 Å². The average molecular weight is 714 g/mol. The summed E-state index contributed by atoms with van der Waals surface area (Å²) in [4.78, 5) is 4.55. The van der Waals surface area contributed by atoms with Crippen molar-refractivity contribution in [1.82, 2.24) is 0 Å². The maximum absolute atomic E-state index is 11.2. The molecule has 1 aliphatic rings. The van der Waals surface area contributed by atoms with E-state index in [4.69, 9.17) is 9.47 Å². The van der Waals surface area contributed by atoms with Gasteiger partial charge in [0.05, 0.1) is 71.4 Å². The Hall–Kier alpha value is -2.66. The number of anilines is 1. The second-order valence-corrected chi connectivity index (χ2v) is 16.0. The number of aromatic nitrogens is 1. The molecule has 0 radical (unpaired) electrons. The standard InChI is InChI=1S/C26H30N2O8S4.C5H13N/c1-18(14-25-27(10-4-12-39(29,30)31)21-16-19(35-2)6-8-23(21)37-25)15-26-28(11-5-13-40(32,33)34)22-17-20(36-3)7-9-24(22)38-26;1-4-6(3)5-2/h6-9,14-17H,4-5,10-13H2,1-3H3,(H-,29,30,31,32,33,34);4-5H2,1-3H3. The van der Waals surface area contributed by atoms with Crippen LogP contribution in [0, 0.1) is 0 Å². The van der Waals surface area contributed by atoms with Crippen LogP contribution in [-0.2, 0) is 26.8 Å². The topological polar surface area (TPSA) is 144 Å². The van der Waals surface area contributed by atoms with Crippen LogP contribution in [0.15, 0.2) is 58.0 Å². The Balaban J connectivity index is 0.000000875. The zero-order valence-electron chi connectivity index (χ0n) is 27.1. The molecule has 1 aromatic heterocycles. The molecule has 0 saturated carbocycles. The summed E-state index contributed by atoms with van der Waals surface area (Å²) < 4.78 is 80.9. The smallest absolute Gasteiger partial charge is 0.263 e. The third kappa shape index (κ3) is 11.2. The molecule has 0 amide bonds. The average Bonchev–Trinajstić information content (AvgIpc) is 3.51. The lowest BCUT2D eigenvalue weighted by molar-refractivity contribution is -0.875. The fourth-order valence-corrected chi connectivity index (χ4v) is 7.90. The third-order valence-electron chi connectivity index (χ3n) is 7.34. The van der Waals surface area contributed by atoms with E-state index in [1.807, 2.05) is 64.9 Å². The van der Waals surface area contributed by atoms with E-state index >= 15 is 0 Å². The van der Waals surface area contributed by atoms with Crippen molar-refractivity contribution in [2.45, 2.75) is 45.1 Å². The van der Waals surface area contributed by atoms with Crippen molar-refractivity contribution >= 4 is 65.3 Å². The Morgan fingerprint density at radius 3 is 2.15 bits per heavy atom. The molecule has 0 spiro atoms. The first-order valence-electron chi connectivity index (χ1n) is 14.9. The van der Waals surface area contributed by atoms with Crippen LogP contribution in [0.4, 0.5) is 5.69 Å². The number of allylic oxidation sites excluding steroid dienone is 2. The van der Waals surface area contributed by atoms with Gasteiger partial charge in [-0.1, -0.05) is 23.1 Å². The molecule has 0 fully saturated rings. The molecule has 11 nitrogen and oxygen atoms in total. The number of quaternary nitrogens is 1. The van der Waals surface area contributed by atoms with Crippen LogP contribution in [0.2, 0.25) is 0 Å². The van der Waals surface area contributed by atoms with Crippen molar-refractivity contribution in [2.75, 3.05) is 57.3 Å². The minimum atomic E-state index is -4.33. The van der Waals surface area contributed by atoms with Crippen LogP contribution in [0.1, 0.15) is 38.6 Å². The van der Waals surface area contributed by atoms with Crippen molar-refractivity contribution in [3.8, 4) is 11.5 Å². The lowest BCUT2D eigenvalue weighted by atomic mass is 10.2. The monoisotopic (exact) mass is 713 g/mol. The van der Waals surface area contributed by atoms with Gasteiger partial charge in [0.2, 0.25) is 5.52 Å². The van der Waals surface area contributed by atoms with Crippen molar-refractivity contribution in [2.24, 2.45) is 0 Å². The van der Waals surface area contributed by atoms with Crippen molar-refractivity contribution < 1.29 is 44.9 Å². The van der Waals surface area contributed by atoms with Gasteiger partial charge >= 0.3 is 0 Å². The summed E-state index contributed by atoms with van der Waals surface area (Å²) in [6.45, 7) is 9.49. The fraction of sp³-hybridized carbons (Fsp3) is 0.452. The second kappa shape index (κ2) is 16.9. The van der Waals surface area contributed by atoms with Gasteiger partial charge in [-0.25, -0.2) is 16.8 Å². The maximum atomic E-state index is 11.2. The molecule has 0 unspecified atom stereocenters. The molecule has 2 heterocycles. The zero-order chi connectivity index (χ0) is 34.1. The number of hydrogen-bond donors (Lipinski definition) is 1. The predicted molar refractivity (Wildman–Crippen MR) is 183 cm³/mol. The van der Waals surface area contributed by atoms with E-state index in [-0.39, 0.29) is 12.8 Å². The number of hydrogen-bond acceptors (Lipinski definition) is 11. The minimum absolute atomic E-state index is 0.171. The molecule has 254 valence electrons. The number of fused-ring (bicyclic) bond motifs is 2. The highest BCUT2D eigenvalue weighted by Crippen LogP contribution is 2.47. The highest BCUT2D eigenvalue weighted by atomic mass is 32.2. The van der Waals surface area contributed by atoms with Gasteiger partial charge in [-0.05, 0) is 63.1 Å². The Morgan fingerprint density at radius 1 is 0.957 bits per heavy atom. The highest BCUT2D eigenvalue weighted by molar-refractivity contribution is 8.03. The summed E-state index contributed by atoms with van der Waals surface area (Å²) in [5.41, 5.74) is 2.64. The van der Waals surface area contributed by atoms with E-state index in [0.717, 1.165) is 36.4 Å². The maximum Gasteiger partial charge on any atom is 0.263 e. The molecule has 0 aliphatic carbocycles. The lowest BCUT2D eigenvalue weighted by Gasteiger charge is -2.21. The first kappa shape index (κ1) is 37.8. The molecule has 1 N–H and O–H groups in total. The predicted octanol–water partition coefficient (Wildman–Crippen LogP) is 3.47. The Labute approximate surface area is 281 Å². The minimum Gasteiger partial charge on any atom is -0.748 e. The quantitative estimate of drug-likeness (QED) is 0.195. The number of aryl methyl sites for hydroxylation is 1. The number of methoxy groups -OCH3 is 2. The van der Waals surface area contributed by atoms with E-state index in [2.05, 4.69) is 20.9 Å². The molecule has 0 atom stereocenters. The number of thiazole rings is 1. The molecule has 3 aromatic rings. The number of nitrogens with zero attached hydrogens (tertiary/aromatic N) is 2. The highest BCUT2D eigenvalue weighted by Gasteiger charge is 2.26. The summed E-state index contributed by atoms with van der Waals surface area (Å²) in [6.07, 6.45) is 4.31. The molecule has 0 bridgehead atoms. The van der Waals surface area contributed by atoms with Crippen LogP contribution in [0.25, 0.3) is 16.3 Å². The lowest BCUT2D eigenvalue weighted by Crippen LogP contribution is -3.08. The summed E-state index contributed by atoms with van der Waals surface area (Å²) >= 11 is 3.07. The van der Waals surface area contributed by atoms with Crippen LogP contribution >= 0.6 is 23.1 Å². The molecular weight excluding hydrogens is 671 g/mol. The Morgan fingerprint density at radius 2 is 1.57 bits per heavy atom. The molecule has 0 saturated heterocycles. The second-order valence-electron chi connectivity index (χ2n) is 10.8. The van der Waals surface area contributed by atoms with Crippen LogP contribution in [-0.4, -0.2) is 78.3 Å². The van der Waals surface area contributed by atoms with Gasteiger partial charge in [-0.15, -0.1) is 0 Å². The third-order valence-corrected chi connectivity index (χ3v) is 11.1. The van der Waals surface area contributed by atoms with Crippen molar-refractivity contribution in [3.05, 3.63) is 58.1 Å². The van der Waals surface area contributed by atoms with Gasteiger partial charge in [0.25, 0.3) is 5.01 Å². The summed E-state index contributed by atoms with van der Waals surface area (Å²) in [7, 11) is -3.33. The van der Waals surface area contributed by atoms with Gasteiger partial charge in [0, 0.05) is 41.5 Å².